The van der Waals surface area contributed by atoms with Gasteiger partial charge in [-0.05, 0) is 29.3 Å². The van der Waals surface area contributed by atoms with Gasteiger partial charge in [-0.15, -0.1) is 0 Å². The number of ether oxygens (including phenoxy) is 1. The highest BCUT2D eigenvalue weighted by Gasteiger charge is 2.12. The van der Waals surface area contributed by atoms with Crippen molar-refractivity contribution in [3.8, 4) is 5.75 Å². The maximum atomic E-state index is 14.0. The topological polar surface area (TPSA) is 12.5 Å². The first-order valence-corrected chi connectivity index (χ1v) is 7.45. The van der Waals surface area contributed by atoms with Crippen LogP contribution in [-0.4, -0.2) is 14.2 Å². The highest BCUT2D eigenvalue weighted by Crippen LogP contribution is 2.27. The Balaban J connectivity index is 2.25. The number of anilines is 1. The van der Waals surface area contributed by atoms with Gasteiger partial charge in [-0.2, -0.15) is 0 Å². The van der Waals surface area contributed by atoms with E-state index in [0.717, 1.165) is 16.9 Å². The largest absolute Gasteiger partial charge is 0.497 e. The van der Waals surface area contributed by atoms with E-state index >= 15 is 0 Å². The van der Waals surface area contributed by atoms with Gasteiger partial charge < -0.3 is 9.64 Å². The summed E-state index contributed by atoms with van der Waals surface area (Å²) in [7, 11) is 3.53. The number of methoxy groups -OCH3 is 1. The van der Waals surface area contributed by atoms with E-state index in [4.69, 9.17) is 4.74 Å². The van der Waals surface area contributed by atoms with Crippen LogP contribution >= 0.6 is 15.9 Å². The van der Waals surface area contributed by atoms with Crippen LogP contribution in [0.4, 0.5) is 10.1 Å². The number of benzene rings is 2. The summed E-state index contributed by atoms with van der Waals surface area (Å²) in [4.78, 5) is 1.92. The molecular formula is C16H17BrFNO. The second kappa shape index (κ2) is 6.75. The Hall–Kier alpha value is -1.55. The molecule has 0 radical (unpaired) electrons. The van der Waals surface area contributed by atoms with Crippen molar-refractivity contribution in [2.75, 3.05) is 19.1 Å². The molecule has 0 atom stereocenters. The molecule has 0 saturated carbocycles. The predicted molar refractivity (Wildman–Crippen MR) is 84.1 cm³/mol. The summed E-state index contributed by atoms with van der Waals surface area (Å²) in [5, 5.41) is 0.628. The predicted octanol–water partition coefficient (Wildman–Crippen LogP) is 4.37. The van der Waals surface area contributed by atoms with Crippen LogP contribution in [0.5, 0.6) is 5.75 Å². The van der Waals surface area contributed by atoms with E-state index in [1.165, 1.54) is 6.07 Å². The lowest BCUT2D eigenvalue weighted by atomic mass is 10.1. The van der Waals surface area contributed by atoms with E-state index < -0.39 is 0 Å². The number of nitrogens with zero attached hydrogens (tertiary/aromatic N) is 1. The Labute approximate surface area is 127 Å². The molecule has 4 heteroatoms. The zero-order valence-corrected chi connectivity index (χ0v) is 13.2. The monoisotopic (exact) mass is 337 g/mol. The highest BCUT2D eigenvalue weighted by molar-refractivity contribution is 9.08. The third-order valence-corrected chi connectivity index (χ3v) is 3.75. The van der Waals surface area contributed by atoms with Crippen molar-refractivity contribution in [1.29, 1.82) is 0 Å². The van der Waals surface area contributed by atoms with Crippen molar-refractivity contribution in [3.05, 3.63) is 59.4 Å². The minimum Gasteiger partial charge on any atom is -0.497 e. The molecule has 0 aliphatic rings. The maximum Gasteiger partial charge on any atom is 0.146 e. The van der Waals surface area contributed by atoms with E-state index in [9.17, 15) is 4.39 Å². The summed E-state index contributed by atoms with van der Waals surface area (Å²) in [5.74, 6) is 0.609. The Bertz CT molecular complexity index is 588. The summed E-state index contributed by atoms with van der Waals surface area (Å²) in [6.45, 7) is 0.623. The standard InChI is InChI=1S/C16H17BrFNO/c1-19(11-12-5-3-7-14(9-12)20-2)16-13(10-17)6-4-8-15(16)18/h3-9H,10-11H2,1-2H3. The molecule has 0 aromatic heterocycles. The van der Waals surface area contributed by atoms with Crippen molar-refractivity contribution >= 4 is 21.6 Å². The molecule has 0 unspecified atom stereocenters. The number of rotatable bonds is 5. The molecule has 106 valence electrons. The fraction of sp³-hybridized carbons (Fsp3) is 0.250. The molecule has 2 aromatic rings. The van der Waals surface area contributed by atoms with Crippen LogP contribution in [-0.2, 0) is 11.9 Å². The van der Waals surface area contributed by atoms with Crippen LogP contribution in [0.25, 0.3) is 0 Å². The van der Waals surface area contributed by atoms with Gasteiger partial charge in [0.15, 0.2) is 0 Å². The molecule has 0 spiro atoms. The molecule has 0 aliphatic heterocycles. The van der Waals surface area contributed by atoms with Crippen molar-refractivity contribution in [2.45, 2.75) is 11.9 Å². The summed E-state index contributed by atoms with van der Waals surface area (Å²) < 4.78 is 19.3. The normalized spacial score (nSPS) is 10.4. The highest BCUT2D eigenvalue weighted by atomic mass is 79.9. The van der Waals surface area contributed by atoms with Gasteiger partial charge in [0.2, 0.25) is 0 Å². The average Bonchev–Trinajstić information content (AvgIpc) is 2.46. The van der Waals surface area contributed by atoms with Crippen molar-refractivity contribution in [2.24, 2.45) is 0 Å². The Morgan fingerprint density at radius 2 is 1.95 bits per heavy atom. The number of para-hydroxylation sites is 1. The quantitative estimate of drug-likeness (QED) is 0.751. The van der Waals surface area contributed by atoms with Gasteiger partial charge in [0.1, 0.15) is 11.6 Å². The van der Waals surface area contributed by atoms with Crippen LogP contribution in [0, 0.1) is 5.82 Å². The first kappa shape index (κ1) is 14.9. The fourth-order valence-electron chi connectivity index (χ4n) is 2.22. The average molecular weight is 338 g/mol. The summed E-state index contributed by atoms with van der Waals surface area (Å²) in [5.41, 5.74) is 2.65. The van der Waals surface area contributed by atoms with Crippen LogP contribution < -0.4 is 9.64 Å². The molecule has 2 rings (SSSR count). The van der Waals surface area contributed by atoms with E-state index in [2.05, 4.69) is 15.9 Å². The summed E-state index contributed by atoms with van der Waals surface area (Å²) >= 11 is 3.41. The molecular weight excluding hydrogens is 321 g/mol. The maximum absolute atomic E-state index is 14.0. The van der Waals surface area contributed by atoms with E-state index in [1.54, 1.807) is 13.2 Å². The number of alkyl halides is 1. The molecule has 0 heterocycles. The van der Waals surface area contributed by atoms with Crippen molar-refractivity contribution in [3.63, 3.8) is 0 Å². The Morgan fingerprint density at radius 1 is 1.20 bits per heavy atom. The van der Waals surface area contributed by atoms with Crippen LogP contribution in [0.1, 0.15) is 11.1 Å². The Morgan fingerprint density at radius 3 is 2.65 bits per heavy atom. The second-order valence-electron chi connectivity index (χ2n) is 4.59. The summed E-state index contributed by atoms with van der Waals surface area (Å²) in [6, 6.07) is 13.0. The van der Waals surface area contributed by atoms with Gasteiger partial charge >= 0.3 is 0 Å². The molecule has 0 N–H and O–H groups in total. The molecule has 0 fully saturated rings. The lowest BCUT2D eigenvalue weighted by molar-refractivity contribution is 0.414. The first-order chi connectivity index (χ1) is 9.65. The third-order valence-electron chi connectivity index (χ3n) is 3.15. The van der Waals surface area contributed by atoms with Gasteiger partial charge in [0.25, 0.3) is 0 Å². The molecule has 0 amide bonds. The lowest BCUT2D eigenvalue weighted by Gasteiger charge is -2.23. The van der Waals surface area contributed by atoms with E-state index in [1.807, 2.05) is 42.3 Å². The molecule has 2 nitrogen and oxygen atoms in total. The lowest BCUT2D eigenvalue weighted by Crippen LogP contribution is -2.19. The third kappa shape index (κ3) is 3.31. The van der Waals surface area contributed by atoms with Crippen LogP contribution in [0.2, 0.25) is 0 Å². The van der Waals surface area contributed by atoms with Crippen molar-refractivity contribution < 1.29 is 9.13 Å². The molecule has 0 bridgehead atoms. The van der Waals surface area contributed by atoms with Crippen LogP contribution in [0.15, 0.2) is 42.5 Å². The van der Waals surface area contributed by atoms with E-state index in [0.29, 0.717) is 17.6 Å². The van der Waals surface area contributed by atoms with Crippen LogP contribution in [0.3, 0.4) is 0 Å². The minimum absolute atomic E-state index is 0.202. The molecule has 20 heavy (non-hydrogen) atoms. The van der Waals surface area contributed by atoms with Crippen molar-refractivity contribution in [1.82, 2.24) is 0 Å². The number of hydrogen-bond acceptors (Lipinski definition) is 2. The Kier molecular flexibility index (Phi) is 5.01. The molecule has 0 aliphatic carbocycles. The SMILES string of the molecule is COc1cccc(CN(C)c2c(F)cccc2CBr)c1. The van der Waals surface area contributed by atoms with Gasteiger partial charge in [0, 0.05) is 18.9 Å². The minimum atomic E-state index is -0.202. The zero-order valence-electron chi connectivity index (χ0n) is 11.6. The number of hydrogen-bond donors (Lipinski definition) is 0. The number of halogens is 2. The fourth-order valence-corrected chi connectivity index (χ4v) is 2.67. The van der Waals surface area contributed by atoms with Gasteiger partial charge in [-0.1, -0.05) is 40.2 Å². The van der Waals surface area contributed by atoms with E-state index in [-0.39, 0.29) is 5.82 Å². The molecule has 2 aromatic carbocycles. The van der Waals surface area contributed by atoms with Gasteiger partial charge in [0.05, 0.1) is 12.8 Å². The van der Waals surface area contributed by atoms with Gasteiger partial charge in [-0.25, -0.2) is 4.39 Å². The van der Waals surface area contributed by atoms with Gasteiger partial charge in [-0.3, -0.25) is 0 Å². The molecule has 0 saturated heterocycles. The first-order valence-electron chi connectivity index (χ1n) is 6.33. The zero-order chi connectivity index (χ0) is 14.5. The second-order valence-corrected chi connectivity index (χ2v) is 5.15. The smallest absolute Gasteiger partial charge is 0.146 e. The summed E-state index contributed by atoms with van der Waals surface area (Å²) in [6.07, 6.45) is 0.